The van der Waals surface area contributed by atoms with Crippen molar-refractivity contribution in [3.8, 4) is 0 Å². The van der Waals surface area contributed by atoms with Crippen molar-refractivity contribution >= 4 is 50.8 Å². The van der Waals surface area contributed by atoms with Crippen LogP contribution >= 0.6 is 15.9 Å². The normalized spacial score (nSPS) is 16.5. The number of nitrogens with zero attached hydrogens (tertiary/aromatic N) is 2. The van der Waals surface area contributed by atoms with Gasteiger partial charge < -0.3 is 5.32 Å². The maximum Gasteiger partial charge on any atom is 0.328 e. The summed E-state index contributed by atoms with van der Waals surface area (Å²) in [7, 11) is 1.42. The van der Waals surface area contributed by atoms with Gasteiger partial charge in [-0.2, -0.15) is 0 Å². The monoisotopic (exact) mass is 375 g/mol. The number of aromatic nitrogens is 1. The average Bonchev–Trinajstić information content (AvgIpc) is 3.00. The lowest BCUT2D eigenvalue weighted by Crippen LogP contribution is -2.25. The summed E-state index contributed by atoms with van der Waals surface area (Å²) in [6.07, 6.45) is 3.65. The van der Waals surface area contributed by atoms with E-state index in [9.17, 15) is 14.4 Å². The van der Waals surface area contributed by atoms with Crippen LogP contribution in [0.3, 0.4) is 0 Å². The molecule has 1 saturated heterocycles. The highest BCUT2D eigenvalue weighted by Crippen LogP contribution is 2.27. The van der Waals surface area contributed by atoms with Crippen LogP contribution in [0.2, 0.25) is 0 Å². The minimum atomic E-state index is -0.461. The summed E-state index contributed by atoms with van der Waals surface area (Å²) in [6, 6.07) is 5.13. The summed E-state index contributed by atoms with van der Waals surface area (Å²) in [6.45, 7) is 1.79. The van der Waals surface area contributed by atoms with E-state index in [0.717, 1.165) is 20.3 Å². The second-order valence-electron chi connectivity index (χ2n) is 5.22. The molecule has 0 bridgehead atoms. The third-order valence-electron chi connectivity index (χ3n) is 3.75. The van der Waals surface area contributed by atoms with Gasteiger partial charge in [-0.05, 0) is 18.2 Å². The Balaban J connectivity index is 2.17. The minimum Gasteiger partial charge on any atom is -0.303 e. The van der Waals surface area contributed by atoms with E-state index in [1.54, 1.807) is 23.8 Å². The van der Waals surface area contributed by atoms with E-state index in [0.29, 0.717) is 12.0 Å². The predicted molar refractivity (Wildman–Crippen MR) is 89.8 cm³/mol. The van der Waals surface area contributed by atoms with Crippen molar-refractivity contribution in [1.82, 2.24) is 14.8 Å². The van der Waals surface area contributed by atoms with Gasteiger partial charge in [-0.3, -0.25) is 19.1 Å². The summed E-state index contributed by atoms with van der Waals surface area (Å²) in [5.41, 5.74) is 1.65. The molecule has 0 aliphatic carbocycles. The highest BCUT2D eigenvalue weighted by Gasteiger charge is 2.30. The van der Waals surface area contributed by atoms with Gasteiger partial charge in [0.1, 0.15) is 5.70 Å². The van der Waals surface area contributed by atoms with Crippen LogP contribution in [-0.2, 0) is 4.79 Å². The highest BCUT2D eigenvalue weighted by molar-refractivity contribution is 9.10. The molecule has 1 aliphatic rings. The lowest BCUT2D eigenvalue weighted by molar-refractivity contribution is -0.121. The number of hydrogen-bond acceptors (Lipinski definition) is 3. The van der Waals surface area contributed by atoms with Crippen LogP contribution in [0.15, 0.2) is 34.6 Å². The first kappa shape index (κ1) is 15.5. The van der Waals surface area contributed by atoms with Crippen molar-refractivity contribution in [2.24, 2.45) is 0 Å². The molecule has 1 fully saturated rings. The molecular weight excluding hydrogens is 362 g/mol. The van der Waals surface area contributed by atoms with Crippen LogP contribution in [0.25, 0.3) is 17.0 Å². The first-order valence-electron chi connectivity index (χ1n) is 7.07. The number of urea groups is 1. The lowest BCUT2D eigenvalue weighted by atomic mass is 10.1. The molecule has 0 radical (unpaired) electrons. The first-order valence-corrected chi connectivity index (χ1v) is 7.86. The number of imide groups is 1. The second-order valence-corrected chi connectivity index (χ2v) is 6.13. The van der Waals surface area contributed by atoms with E-state index in [-0.39, 0.29) is 11.6 Å². The Bertz CT molecular complexity index is 882. The Kier molecular flexibility index (Phi) is 3.81. The number of benzene rings is 1. The van der Waals surface area contributed by atoms with Crippen molar-refractivity contribution in [1.29, 1.82) is 0 Å². The quantitative estimate of drug-likeness (QED) is 0.647. The van der Waals surface area contributed by atoms with Gasteiger partial charge >= 0.3 is 6.03 Å². The van der Waals surface area contributed by atoms with Crippen LogP contribution in [0.4, 0.5) is 4.79 Å². The Hall–Kier alpha value is -2.41. The van der Waals surface area contributed by atoms with Crippen LogP contribution in [0, 0.1) is 0 Å². The fourth-order valence-electron chi connectivity index (χ4n) is 2.50. The molecule has 1 aliphatic heterocycles. The zero-order chi connectivity index (χ0) is 16.7. The third-order valence-corrected chi connectivity index (χ3v) is 4.24. The van der Waals surface area contributed by atoms with E-state index in [4.69, 9.17) is 0 Å². The number of nitrogens with one attached hydrogen (secondary N) is 1. The summed E-state index contributed by atoms with van der Waals surface area (Å²) in [5, 5.41) is 3.36. The largest absolute Gasteiger partial charge is 0.328 e. The van der Waals surface area contributed by atoms with Crippen molar-refractivity contribution in [3.05, 3.63) is 40.1 Å². The SMILES string of the molecule is CCC(=O)n1cc(/C=C2/NC(=O)N(C)C2=O)c2ccc(Br)cc21. The van der Waals surface area contributed by atoms with Crippen LogP contribution in [0.5, 0.6) is 0 Å². The summed E-state index contributed by atoms with van der Waals surface area (Å²) >= 11 is 3.40. The molecule has 2 heterocycles. The van der Waals surface area contributed by atoms with Gasteiger partial charge in [0, 0.05) is 35.1 Å². The minimum absolute atomic E-state index is 0.0448. The summed E-state index contributed by atoms with van der Waals surface area (Å²) < 4.78 is 2.43. The Morgan fingerprint density at radius 2 is 2.09 bits per heavy atom. The molecule has 1 aromatic carbocycles. The molecule has 3 amide bonds. The van der Waals surface area contributed by atoms with Crippen molar-refractivity contribution in [3.63, 3.8) is 0 Å². The number of carbonyl (C=O) groups is 3. The number of rotatable bonds is 2. The van der Waals surface area contributed by atoms with Crippen molar-refractivity contribution in [2.75, 3.05) is 7.05 Å². The van der Waals surface area contributed by atoms with Crippen LogP contribution in [0.1, 0.15) is 23.7 Å². The van der Waals surface area contributed by atoms with E-state index in [1.807, 2.05) is 18.2 Å². The number of amides is 3. The Labute approximate surface area is 140 Å². The second kappa shape index (κ2) is 5.66. The zero-order valence-corrected chi connectivity index (χ0v) is 14.2. The molecule has 7 heteroatoms. The molecule has 1 aromatic heterocycles. The van der Waals surface area contributed by atoms with Gasteiger partial charge in [0.15, 0.2) is 0 Å². The topological polar surface area (TPSA) is 71.4 Å². The lowest BCUT2D eigenvalue weighted by Gasteiger charge is -2.01. The number of carbonyl (C=O) groups excluding carboxylic acids is 3. The molecule has 3 rings (SSSR count). The van der Waals surface area contributed by atoms with Gasteiger partial charge in [-0.15, -0.1) is 0 Å². The number of fused-ring (bicyclic) bond motifs is 1. The first-order chi connectivity index (χ1) is 10.9. The molecule has 1 N–H and O–H groups in total. The molecule has 6 nitrogen and oxygen atoms in total. The summed E-state index contributed by atoms with van der Waals surface area (Å²) in [4.78, 5) is 36.7. The van der Waals surface area contributed by atoms with Gasteiger partial charge in [-0.25, -0.2) is 4.79 Å². The summed E-state index contributed by atoms with van der Waals surface area (Å²) in [5.74, 6) is -0.438. The molecule has 0 spiro atoms. The number of hydrogen-bond donors (Lipinski definition) is 1. The highest BCUT2D eigenvalue weighted by atomic mass is 79.9. The van der Waals surface area contributed by atoms with E-state index < -0.39 is 11.9 Å². The Morgan fingerprint density at radius 3 is 2.70 bits per heavy atom. The van der Waals surface area contributed by atoms with Gasteiger partial charge in [0.05, 0.1) is 5.52 Å². The fourth-order valence-corrected chi connectivity index (χ4v) is 2.85. The maximum absolute atomic E-state index is 12.1. The molecule has 0 unspecified atom stereocenters. The van der Waals surface area contributed by atoms with Crippen LogP contribution in [-0.4, -0.2) is 34.4 Å². The number of likely N-dealkylation sites (N-methyl/N-ethyl adjacent to an activating group) is 1. The predicted octanol–water partition coefficient (Wildman–Crippen LogP) is 2.98. The van der Waals surface area contributed by atoms with Gasteiger partial charge in [-0.1, -0.05) is 28.9 Å². The molecule has 2 aromatic rings. The van der Waals surface area contributed by atoms with E-state index >= 15 is 0 Å². The van der Waals surface area contributed by atoms with Gasteiger partial charge in [0.25, 0.3) is 5.91 Å². The Morgan fingerprint density at radius 1 is 1.35 bits per heavy atom. The standard InChI is InChI=1S/C16H14BrN3O3/c1-3-14(21)20-8-9(11-5-4-10(17)7-13(11)20)6-12-15(22)19(2)16(23)18-12/h4-8H,3H2,1-2H3,(H,18,23)/b12-6+. The molecule has 0 atom stereocenters. The zero-order valence-electron chi connectivity index (χ0n) is 12.6. The average molecular weight is 376 g/mol. The van der Waals surface area contributed by atoms with Crippen LogP contribution < -0.4 is 5.32 Å². The molecule has 118 valence electrons. The maximum atomic E-state index is 12.1. The number of halogens is 1. The molecule has 0 saturated carbocycles. The van der Waals surface area contributed by atoms with E-state index in [2.05, 4.69) is 21.2 Å². The fraction of sp³-hybridized carbons (Fsp3) is 0.188. The van der Waals surface area contributed by atoms with Crippen molar-refractivity contribution < 1.29 is 14.4 Å². The molecule has 23 heavy (non-hydrogen) atoms. The smallest absolute Gasteiger partial charge is 0.303 e. The third kappa shape index (κ3) is 2.57. The van der Waals surface area contributed by atoms with Gasteiger partial charge in [0.2, 0.25) is 5.91 Å². The van der Waals surface area contributed by atoms with E-state index in [1.165, 1.54) is 7.05 Å². The molecular formula is C16H14BrN3O3. The van der Waals surface area contributed by atoms with Crippen molar-refractivity contribution in [2.45, 2.75) is 13.3 Å².